The van der Waals surface area contributed by atoms with Crippen LogP contribution in [0.5, 0.6) is 5.75 Å². The first-order valence-corrected chi connectivity index (χ1v) is 7.62. The van der Waals surface area contributed by atoms with Crippen LogP contribution in [-0.4, -0.2) is 7.05 Å². The number of aryl methyl sites for hydroxylation is 1. The first-order chi connectivity index (χ1) is 9.63. The van der Waals surface area contributed by atoms with Crippen LogP contribution in [0.2, 0.25) is 0 Å². The Labute approximate surface area is 123 Å². The molecule has 0 bridgehead atoms. The van der Waals surface area contributed by atoms with Crippen molar-refractivity contribution in [2.24, 2.45) is 0 Å². The molecule has 2 nitrogen and oxygen atoms in total. The van der Waals surface area contributed by atoms with E-state index in [1.807, 2.05) is 20.0 Å². The zero-order chi connectivity index (χ0) is 14.5. The number of hydrogen-bond acceptors (Lipinski definition) is 3. The summed E-state index contributed by atoms with van der Waals surface area (Å²) < 4.78 is 19.6. The first-order valence-electron chi connectivity index (χ1n) is 6.81. The SMILES string of the molecule is CCc1ccc(COc2ccc(C(C)NC)c(F)c2)s1. The van der Waals surface area contributed by atoms with Crippen molar-refractivity contribution < 1.29 is 9.13 Å². The predicted molar refractivity (Wildman–Crippen MR) is 81.9 cm³/mol. The maximum absolute atomic E-state index is 14.0. The van der Waals surface area contributed by atoms with Gasteiger partial charge >= 0.3 is 0 Å². The van der Waals surface area contributed by atoms with Crippen molar-refractivity contribution >= 4 is 11.3 Å². The van der Waals surface area contributed by atoms with Gasteiger partial charge in [0, 0.05) is 27.4 Å². The quantitative estimate of drug-likeness (QED) is 0.857. The summed E-state index contributed by atoms with van der Waals surface area (Å²) >= 11 is 1.74. The lowest BCUT2D eigenvalue weighted by atomic mass is 10.1. The molecule has 0 saturated heterocycles. The molecule has 0 saturated carbocycles. The Kier molecular flexibility index (Phi) is 5.15. The van der Waals surface area contributed by atoms with E-state index in [9.17, 15) is 4.39 Å². The van der Waals surface area contributed by atoms with Gasteiger partial charge in [-0.05, 0) is 38.6 Å². The van der Waals surface area contributed by atoms with Crippen LogP contribution < -0.4 is 10.1 Å². The van der Waals surface area contributed by atoms with Crippen LogP contribution in [0, 0.1) is 5.82 Å². The van der Waals surface area contributed by atoms with Crippen molar-refractivity contribution in [2.45, 2.75) is 32.9 Å². The molecule has 0 aliphatic rings. The van der Waals surface area contributed by atoms with Gasteiger partial charge in [-0.2, -0.15) is 0 Å². The Bertz CT molecular complexity index is 567. The van der Waals surface area contributed by atoms with Gasteiger partial charge in [-0.3, -0.25) is 0 Å². The second kappa shape index (κ2) is 6.86. The lowest BCUT2D eigenvalue weighted by molar-refractivity contribution is 0.307. The van der Waals surface area contributed by atoms with Gasteiger partial charge in [-0.25, -0.2) is 4.39 Å². The summed E-state index contributed by atoms with van der Waals surface area (Å²) in [6.45, 7) is 4.55. The minimum atomic E-state index is -0.232. The number of thiophene rings is 1. The standard InChI is InChI=1S/C16H20FNOS/c1-4-13-6-7-14(20-13)10-19-12-5-8-15(11(2)18-3)16(17)9-12/h5-9,11,18H,4,10H2,1-3H3. The predicted octanol–water partition coefficient (Wildman–Crippen LogP) is 4.31. The molecule has 0 aliphatic heterocycles. The molecule has 108 valence electrons. The van der Waals surface area contributed by atoms with Gasteiger partial charge in [0.25, 0.3) is 0 Å². The van der Waals surface area contributed by atoms with E-state index in [0.29, 0.717) is 17.9 Å². The highest BCUT2D eigenvalue weighted by molar-refractivity contribution is 7.11. The van der Waals surface area contributed by atoms with Crippen LogP contribution in [-0.2, 0) is 13.0 Å². The summed E-state index contributed by atoms with van der Waals surface area (Å²) in [7, 11) is 1.82. The molecule has 4 heteroatoms. The largest absolute Gasteiger partial charge is 0.488 e. The van der Waals surface area contributed by atoms with Crippen molar-refractivity contribution in [1.29, 1.82) is 0 Å². The third kappa shape index (κ3) is 3.58. The Balaban J connectivity index is 2.01. The molecule has 0 radical (unpaired) electrons. The smallest absolute Gasteiger partial charge is 0.131 e. The van der Waals surface area contributed by atoms with E-state index in [4.69, 9.17) is 4.74 Å². The van der Waals surface area contributed by atoms with E-state index in [2.05, 4.69) is 24.4 Å². The molecule has 0 aliphatic carbocycles. The highest BCUT2D eigenvalue weighted by atomic mass is 32.1. The Morgan fingerprint density at radius 2 is 2.00 bits per heavy atom. The minimum absolute atomic E-state index is 0.00606. The average molecular weight is 293 g/mol. The van der Waals surface area contributed by atoms with Gasteiger partial charge in [0.05, 0.1) is 0 Å². The normalized spacial score (nSPS) is 12.4. The fraction of sp³-hybridized carbons (Fsp3) is 0.375. The van der Waals surface area contributed by atoms with Gasteiger partial charge in [0.2, 0.25) is 0 Å². The second-order valence-corrected chi connectivity index (χ2v) is 5.96. The number of benzene rings is 1. The van der Waals surface area contributed by atoms with Crippen molar-refractivity contribution in [3.05, 3.63) is 51.5 Å². The maximum Gasteiger partial charge on any atom is 0.131 e. The molecule has 2 aromatic rings. The second-order valence-electron chi connectivity index (χ2n) is 4.70. The number of rotatable bonds is 6. The van der Waals surface area contributed by atoms with Crippen LogP contribution in [0.25, 0.3) is 0 Å². The highest BCUT2D eigenvalue weighted by Crippen LogP contribution is 2.24. The molecule has 1 unspecified atom stereocenters. The summed E-state index contributed by atoms with van der Waals surface area (Å²) in [6, 6.07) is 9.22. The van der Waals surface area contributed by atoms with Crippen LogP contribution in [0.15, 0.2) is 30.3 Å². The summed E-state index contributed by atoms with van der Waals surface area (Å²) in [5.74, 6) is 0.339. The van der Waals surface area contributed by atoms with Crippen LogP contribution >= 0.6 is 11.3 Å². The van der Waals surface area contributed by atoms with E-state index in [0.717, 1.165) is 11.3 Å². The van der Waals surface area contributed by atoms with Crippen LogP contribution in [0.3, 0.4) is 0 Å². The highest BCUT2D eigenvalue weighted by Gasteiger charge is 2.10. The average Bonchev–Trinajstić information content (AvgIpc) is 2.92. The fourth-order valence-electron chi connectivity index (χ4n) is 1.95. The molecule has 0 spiro atoms. The van der Waals surface area contributed by atoms with Crippen LogP contribution in [0.4, 0.5) is 4.39 Å². The molecule has 20 heavy (non-hydrogen) atoms. The van der Waals surface area contributed by atoms with Gasteiger partial charge < -0.3 is 10.1 Å². The minimum Gasteiger partial charge on any atom is -0.488 e. The van der Waals surface area contributed by atoms with Gasteiger partial charge in [0.1, 0.15) is 18.2 Å². The van der Waals surface area contributed by atoms with E-state index in [-0.39, 0.29) is 11.9 Å². The molecular weight excluding hydrogens is 273 g/mol. The molecule has 1 heterocycles. The molecule has 0 amide bonds. The van der Waals surface area contributed by atoms with Crippen molar-refractivity contribution in [2.75, 3.05) is 7.05 Å². The van der Waals surface area contributed by atoms with E-state index >= 15 is 0 Å². The monoisotopic (exact) mass is 293 g/mol. The number of ether oxygens (including phenoxy) is 1. The Morgan fingerprint density at radius 3 is 2.60 bits per heavy atom. The fourth-order valence-corrected chi connectivity index (χ4v) is 2.82. The maximum atomic E-state index is 14.0. The zero-order valence-corrected chi connectivity index (χ0v) is 12.9. The topological polar surface area (TPSA) is 21.3 Å². The number of hydrogen-bond donors (Lipinski definition) is 1. The summed E-state index contributed by atoms with van der Waals surface area (Å²) in [6.07, 6.45) is 1.04. The Hall–Kier alpha value is -1.39. The lowest BCUT2D eigenvalue weighted by Crippen LogP contribution is -2.13. The molecule has 1 N–H and O–H groups in total. The molecule has 1 aromatic carbocycles. The van der Waals surface area contributed by atoms with E-state index < -0.39 is 0 Å². The summed E-state index contributed by atoms with van der Waals surface area (Å²) in [5.41, 5.74) is 0.657. The summed E-state index contributed by atoms with van der Waals surface area (Å²) in [4.78, 5) is 2.50. The molecule has 0 fully saturated rings. The first kappa shape index (κ1) is 15.0. The van der Waals surface area contributed by atoms with Gasteiger partial charge in [-0.1, -0.05) is 13.0 Å². The molecule has 2 rings (SSSR count). The van der Waals surface area contributed by atoms with Crippen molar-refractivity contribution in [3.63, 3.8) is 0 Å². The van der Waals surface area contributed by atoms with Gasteiger partial charge in [-0.15, -0.1) is 11.3 Å². The van der Waals surface area contributed by atoms with Crippen molar-refractivity contribution in [3.8, 4) is 5.75 Å². The van der Waals surface area contributed by atoms with Crippen LogP contribution in [0.1, 0.15) is 35.2 Å². The van der Waals surface area contributed by atoms with E-state index in [1.165, 1.54) is 10.9 Å². The van der Waals surface area contributed by atoms with E-state index in [1.54, 1.807) is 17.4 Å². The lowest BCUT2D eigenvalue weighted by Gasteiger charge is -2.13. The van der Waals surface area contributed by atoms with Crippen molar-refractivity contribution in [1.82, 2.24) is 5.32 Å². The third-order valence-corrected chi connectivity index (χ3v) is 4.52. The molecular formula is C16H20FNOS. The number of nitrogens with one attached hydrogen (secondary N) is 1. The number of halogens is 1. The van der Waals surface area contributed by atoms with Gasteiger partial charge in [0.15, 0.2) is 0 Å². The summed E-state index contributed by atoms with van der Waals surface area (Å²) in [5, 5.41) is 3.03. The Morgan fingerprint density at radius 1 is 1.25 bits per heavy atom. The molecule has 1 atom stereocenters. The zero-order valence-electron chi connectivity index (χ0n) is 12.1. The third-order valence-electron chi connectivity index (χ3n) is 3.32. The molecule has 1 aromatic heterocycles.